The summed E-state index contributed by atoms with van der Waals surface area (Å²) in [6.07, 6.45) is 60.9. The van der Waals surface area contributed by atoms with Gasteiger partial charge in [0, 0.05) is 19.3 Å². The summed E-state index contributed by atoms with van der Waals surface area (Å²) in [6.45, 7) is 9.11. The largest absolute Gasteiger partial charge is 0.462 e. The van der Waals surface area contributed by atoms with E-state index in [0.717, 1.165) is 63.7 Å². The second-order valence-electron chi connectivity index (χ2n) is 21.2. The molecule has 0 aromatic heterocycles. The number of unbranched alkanes of at least 4 members (excludes halogenated alkanes) is 42. The lowest BCUT2D eigenvalue weighted by Gasteiger charge is -2.18. The zero-order valence-corrected chi connectivity index (χ0v) is 45.9. The molecule has 6 nitrogen and oxygen atoms in total. The van der Waals surface area contributed by atoms with Gasteiger partial charge in [-0.15, -0.1) is 0 Å². The molecular weight excluding hydrogens is 829 g/mol. The average Bonchev–Trinajstić information content (AvgIpc) is 3.33. The van der Waals surface area contributed by atoms with Crippen molar-refractivity contribution < 1.29 is 28.6 Å². The highest BCUT2D eigenvalue weighted by molar-refractivity contribution is 5.71. The SMILES string of the molecule is CCCCCCCCCCCCCCCCC(=O)OC[C@H](COC(=O)CCCCCCCCCCCCCCC)OC(=O)CCCCCCCCCCCCCCCCCCCCC(C)CC. The maximum atomic E-state index is 12.9. The molecule has 0 aliphatic heterocycles. The minimum Gasteiger partial charge on any atom is -0.462 e. The lowest BCUT2D eigenvalue weighted by atomic mass is 9.99. The van der Waals surface area contributed by atoms with Gasteiger partial charge >= 0.3 is 17.9 Å². The van der Waals surface area contributed by atoms with Crippen molar-refractivity contribution >= 4 is 17.9 Å². The maximum Gasteiger partial charge on any atom is 0.306 e. The number of ether oxygens (including phenoxy) is 3. The van der Waals surface area contributed by atoms with Gasteiger partial charge in [-0.05, 0) is 25.2 Å². The van der Waals surface area contributed by atoms with Crippen molar-refractivity contribution in [1.29, 1.82) is 0 Å². The van der Waals surface area contributed by atoms with Crippen LogP contribution in [0.1, 0.15) is 349 Å². The molecule has 0 rings (SSSR count). The molecule has 6 heteroatoms. The van der Waals surface area contributed by atoms with E-state index in [1.54, 1.807) is 0 Å². The molecule has 398 valence electrons. The Bertz CT molecular complexity index is 1010. The predicted octanol–water partition coefficient (Wildman–Crippen LogP) is 20.2. The predicted molar refractivity (Wildman–Crippen MR) is 289 cm³/mol. The normalized spacial score (nSPS) is 12.4. The van der Waals surface area contributed by atoms with Crippen LogP contribution in [-0.4, -0.2) is 37.2 Å². The zero-order valence-electron chi connectivity index (χ0n) is 45.9. The quantitative estimate of drug-likeness (QED) is 0.0343. The van der Waals surface area contributed by atoms with Gasteiger partial charge in [-0.25, -0.2) is 0 Å². The summed E-state index contributed by atoms with van der Waals surface area (Å²) in [5, 5.41) is 0. The number of hydrogen-bond acceptors (Lipinski definition) is 6. The first-order valence-corrected chi connectivity index (χ1v) is 30.4. The first-order valence-electron chi connectivity index (χ1n) is 30.4. The van der Waals surface area contributed by atoms with Crippen LogP contribution in [0.4, 0.5) is 0 Å². The maximum absolute atomic E-state index is 12.9. The Kier molecular flexibility index (Phi) is 54.0. The Hall–Kier alpha value is -1.59. The molecule has 0 radical (unpaired) electrons. The molecule has 0 aliphatic carbocycles. The van der Waals surface area contributed by atoms with Gasteiger partial charge < -0.3 is 14.2 Å². The highest BCUT2D eigenvalue weighted by atomic mass is 16.6. The van der Waals surface area contributed by atoms with Crippen LogP contribution in [0.15, 0.2) is 0 Å². The first-order chi connectivity index (χ1) is 32.9. The third-order valence-electron chi connectivity index (χ3n) is 14.4. The van der Waals surface area contributed by atoms with E-state index in [2.05, 4.69) is 27.7 Å². The van der Waals surface area contributed by atoms with E-state index >= 15 is 0 Å². The summed E-state index contributed by atoms with van der Waals surface area (Å²) in [4.78, 5) is 38.2. The first kappa shape index (κ1) is 65.4. The monoisotopic (exact) mass is 947 g/mol. The molecule has 0 spiro atoms. The molecular formula is C61H118O6. The van der Waals surface area contributed by atoms with Gasteiger partial charge in [0.15, 0.2) is 6.10 Å². The summed E-state index contributed by atoms with van der Waals surface area (Å²) in [5.74, 6) is 0.0774. The summed E-state index contributed by atoms with van der Waals surface area (Å²) in [5.41, 5.74) is 0. The van der Waals surface area contributed by atoms with E-state index in [4.69, 9.17) is 14.2 Å². The van der Waals surface area contributed by atoms with Crippen LogP contribution in [0.5, 0.6) is 0 Å². The summed E-state index contributed by atoms with van der Waals surface area (Å²) >= 11 is 0. The minimum absolute atomic E-state index is 0.0615. The van der Waals surface area contributed by atoms with Crippen LogP contribution < -0.4 is 0 Å². The van der Waals surface area contributed by atoms with Crippen molar-refractivity contribution in [3.8, 4) is 0 Å². The highest BCUT2D eigenvalue weighted by Gasteiger charge is 2.19. The van der Waals surface area contributed by atoms with E-state index in [9.17, 15) is 14.4 Å². The lowest BCUT2D eigenvalue weighted by molar-refractivity contribution is -0.167. The lowest BCUT2D eigenvalue weighted by Crippen LogP contribution is -2.30. The number of hydrogen-bond donors (Lipinski definition) is 0. The van der Waals surface area contributed by atoms with Crippen LogP contribution >= 0.6 is 0 Å². The zero-order chi connectivity index (χ0) is 48.8. The minimum atomic E-state index is -0.762. The molecule has 0 saturated carbocycles. The van der Waals surface area contributed by atoms with Crippen LogP contribution in [-0.2, 0) is 28.6 Å². The Morgan fingerprint density at radius 3 is 0.776 bits per heavy atom. The standard InChI is InChI=1S/C61H118O6/c1-5-8-10-12-14-16-18-20-29-33-37-41-45-49-53-60(63)66-56-58(55-65-59(62)52-48-44-40-36-32-27-19-17-15-13-11-9-6-2)67-61(64)54-50-46-42-38-34-30-26-24-22-21-23-25-28-31-35-39-43-47-51-57(4)7-3/h57-58H,5-56H2,1-4H3/t57?,58-/m0/s1. The Labute approximate surface area is 418 Å². The number of carbonyl (C=O) groups is 3. The van der Waals surface area contributed by atoms with Gasteiger partial charge in [0.05, 0.1) is 0 Å². The molecule has 0 heterocycles. The van der Waals surface area contributed by atoms with E-state index in [0.29, 0.717) is 19.3 Å². The second kappa shape index (κ2) is 55.3. The molecule has 0 fully saturated rings. The van der Waals surface area contributed by atoms with E-state index in [1.807, 2.05) is 0 Å². The fraction of sp³-hybridized carbons (Fsp3) is 0.951. The molecule has 0 aromatic rings. The molecule has 0 saturated heterocycles. The molecule has 0 amide bonds. The van der Waals surface area contributed by atoms with Gasteiger partial charge in [-0.3, -0.25) is 14.4 Å². The molecule has 1 unspecified atom stereocenters. The fourth-order valence-corrected chi connectivity index (χ4v) is 9.42. The van der Waals surface area contributed by atoms with E-state index < -0.39 is 6.10 Å². The van der Waals surface area contributed by atoms with Crippen molar-refractivity contribution in [1.82, 2.24) is 0 Å². The van der Waals surface area contributed by atoms with E-state index in [1.165, 1.54) is 244 Å². The van der Waals surface area contributed by atoms with Crippen LogP contribution in [0.2, 0.25) is 0 Å². The second-order valence-corrected chi connectivity index (χ2v) is 21.2. The van der Waals surface area contributed by atoms with Gasteiger partial charge in [-0.1, -0.05) is 310 Å². The van der Waals surface area contributed by atoms with Gasteiger partial charge in [0.2, 0.25) is 0 Å². The smallest absolute Gasteiger partial charge is 0.306 e. The summed E-state index contributed by atoms with van der Waals surface area (Å²) in [6, 6.07) is 0. The molecule has 0 bridgehead atoms. The van der Waals surface area contributed by atoms with Gasteiger partial charge in [0.1, 0.15) is 13.2 Å². The van der Waals surface area contributed by atoms with Crippen LogP contribution in [0.3, 0.4) is 0 Å². The number of esters is 3. The van der Waals surface area contributed by atoms with Crippen molar-refractivity contribution in [2.75, 3.05) is 13.2 Å². The molecule has 2 atom stereocenters. The van der Waals surface area contributed by atoms with E-state index in [-0.39, 0.29) is 31.1 Å². The van der Waals surface area contributed by atoms with Crippen LogP contribution in [0.25, 0.3) is 0 Å². The van der Waals surface area contributed by atoms with Gasteiger partial charge in [-0.2, -0.15) is 0 Å². The van der Waals surface area contributed by atoms with Crippen molar-refractivity contribution in [2.45, 2.75) is 355 Å². The average molecular weight is 948 g/mol. The molecule has 0 aliphatic rings. The summed E-state index contributed by atoms with van der Waals surface area (Å²) in [7, 11) is 0. The number of carbonyl (C=O) groups excluding carboxylic acids is 3. The Balaban J connectivity index is 4.24. The Morgan fingerprint density at radius 2 is 0.522 bits per heavy atom. The molecule has 0 N–H and O–H groups in total. The van der Waals surface area contributed by atoms with Crippen molar-refractivity contribution in [2.24, 2.45) is 5.92 Å². The van der Waals surface area contributed by atoms with Crippen molar-refractivity contribution in [3.63, 3.8) is 0 Å². The fourth-order valence-electron chi connectivity index (χ4n) is 9.42. The topological polar surface area (TPSA) is 78.9 Å². The molecule has 67 heavy (non-hydrogen) atoms. The molecule has 0 aromatic carbocycles. The summed E-state index contributed by atoms with van der Waals surface area (Å²) < 4.78 is 16.9. The van der Waals surface area contributed by atoms with Crippen molar-refractivity contribution in [3.05, 3.63) is 0 Å². The number of rotatable bonds is 56. The van der Waals surface area contributed by atoms with Crippen LogP contribution in [0, 0.1) is 5.92 Å². The third kappa shape index (κ3) is 53.6. The van der Waals surface area contributed by atoms with Gasteiger partial charge in [0.25, 0.3) is 0 Å². The third-order valence-corrected chi connectivity index (χ3v) is 14.4. The Morgan fingerprint density at radius 1 is 0.299 bits per heavy atom. The highest BCUT2D eigenvalue weighted by Crippen LogP contribution is 2.19.